The van der Waals surface area contributed by atoms with Gasteiger partial charge in [-0.2, -0.15) is 0 Å². The zero-order valence-electron chi connectivity index (χ0n) is 15.5. The van der Waals surface area contributed by atoms with Gasteiger partial charge in [0.05, 0.1) is 18.0 Å². The highest BCUT2D eigenvalue weighted by Crippen LogP contribution is 2.12. The Balaban J connectivity index is 1.50. The maximum atomic E-state index is 11.9. The molecule has 1 aromatic carbocycles. The first kappa shape index (κ1) is 21.0. The van der Waals surface area contributed by atoms with Crippen molar-refractivity contribution in [3.8, 4) is 0 Å². The van der Waals surface area contributed by atoms with Crippen molar-refractivity contribution < 1.29 is 19.2 Å². The summed E-state index contributed by atoms with van der Waals surface area (Å²) >= 11 is 0. The number of hydrogen-bond donors (Lipinski definition) is 1. The van der Waals surface area contributed by atoms with Crippen molar-refractivity contribution in [2.75, 3.05) is 18.5 Å². The molecule has 0 aliphatic rings. The molecule has 0 fully saturated rings. The van der Waals surface area contributed by atoms with E-state index in [4.69, 9.17) is 4.74 Å². The second-order valence-electron chi connectivity index (χ2n) is 6.16. The number of nitrogens with one attached hydrogen (secondary N) is 1. The van der Waals surface area contributed by atoms with E-state index in [2.05, 4.69) is 10.3 Å². The monoisotopic (exact) mass is 385 g/mol. The molecule has 0 amide bonds. The van der Waals surface area contributed by atoms with Gasteiger partial charge in [-0.15, -0.1) is 0 Å². The number of nitrogens with zero attached hydrogens (tertiary/aromatic N) is 2. The molecule has 2 rings (SSSR count). The van der Waals surface area contributed by atoms with Gasteiger partial charge in [-0.3, -0.25) is 19.7 Å². The summed E-state index contributed by atoms with van der Waals surface area (Å²) in [6.07, 6.45) is 3.88. The van der Waals surface area contributed by atoms with Crippen LogP contribution in [-0.2, 0) is 9.53 Å². The van der Waals surface area contributed by atoms with Gasteiger partial charge in [0.15, 0.2) is 5.78 Å². The number of aromatic nitrogens is 1. The highest BCUT2D eigenvalue weighted by molar-refractivity contribution is 5.97. The number of Topliss-reactive ketones (excluding diaryl/α,β-unsaturated/α-hetero) is 1. The molecule has 0 aliphatic heterocycles. The molecule has 2 aromatic rings. The van der Waals surface area contributed by atoms with Crippen LogP contribution in [-0.4, -0.2) is 34.8 Å². The number of nitro groups is 1. The van der Waals surface area contributed by atoms with Crippen LogP contribution in [0, 0.1) is 10.1 Å². The molecule has 8 nitrogen and oxygen atoms in total. The van der Waals surface area contributed by atoms with Crippen LogP contribution in [0.1, 0.15) is 42.5 Å². The lowest BCUT2D eigenvalue weighted by Crippen LogP contribution is -2.09. The number of ketones is 1. The molecule has 0 saturated heterocycles. The molecule has 0 aliphatic carbocycles. The Kier molecular flexibility index (Phi) is 8.58. The Morgan fingerprint density at radius 2 is 1.82 bits per heavy atom. The van der Waals surface area contributed by atoms with E-state index in [0.29, 0.717) is 24.5 Å². The third-order valence-corrected chi connectivity index (χ3v) is 4.00. The van der Waals surface area contributed by atoms with Gasteiger partial charge in [-0.25, -0.2) is 4.98 Å². The van der Waals surface area contributed by atoms with Crippen LogP contribution in [0.25, 0.3) is 0 Å². The number of anilines is 1. The van der Waals surface area contributed by atoms with Gasteiger partial charge in [-0.1, -0.05) is 30.3 Å². The minimum Gasteiger partial charge on any atom is -0.466 e. The Morgan fingerprint density at radius 3 is 2.50 bits per heavy atom. The molecular weight excluding hydrogens is 362 g/mol. The number of hydrogen-bond acceptors (Lipinski definition) is 7. The summed E-state index contributed by atoms with van der Waals surface area (Å²) in [5, 5.41) is 13.6. The third-order valence-electron chi connectivity index (χ3n) is 4.00. The summed E-state index contributed by atoms with van der Waals surface area (Å²) in [6.45, 7) is 0.998. The Hall–Kier alpha value is -3.29. The van der Waals surface area contributed by atoms with Crippen LogP contribution in [0.5, 0.6) is 0 Å². The van der Waals surface area contributed by atoms with Gasteiger partial charge in [0.25, 0.3) is 5.69 Å². The first-order valence-electron chi connectivity index (χ1n) is 9.14. The van der Waals surface area contributed by atoms with Crippen molar-refractivity contribution in [1.82, 2.24) is 4.98 Å². The smallest absolute Gasteiger partial charge is 0.306 e. The molecule has 0 spiro atoms. The Bertz CT molecular complexity index is 778. The van der Waals surface area contributed by atoms with Crippen molar-refractivity contribution in [2.45, 2.75) is 32.1 Å². The SMILES string of the molecule is O=C(CCC(=O)c1ccccc1)OCCCCCNc1ccc([N+](=O)[O-])cn1. The number of ether oxygens (including phenoxy) is 1. The molecular formula is C20H23N3O5. The number of rotatable bonds is 12. The molecule has 1 aromatic heterocycles. The fraction of sp³-hybridized carbons (Fsp3) is 0.350. The molecule has 8 heteroatoms. The van der Waals surface area contributed by atoms with Crippen LogP contribution in [0.2, 0.25) is 0 Å². The van der Waals surface area contributed by atoms with Gasteiger partial charge in [0.1, 0.15) is 12.0 Å². The summed E-state index contributed by atoms with van der Waals surface area (Å²) in [5.41, 5.74) is 0.558. The molecule has 0 radical (unpaired) electrons. The summed E-state index contributed by atoms with van der Waals surface area (Å²) in [4.78, 5) is 37.6. The van der Waals surface area contributed by atoms with Crippen LogP contribution in [0.3, 0.4) is 0 Å². The molecule has 0 atom stereocenters. The zero-order valence-corrected chi connectivity index (χ0v) is 15.5. The fourth-order valence-corrected chi connectivity index (χ4v) is 2.46. The minimum atomic E-state index is -0.490. The van der Waals surface area contributed by atoms with Crippen LogP contribution >= 0.6 is 0 Å². The van der Waals surface area contributed by atoms with Crippen LogP contribution in [0.4, 0.5) is 11.5 Å². The van der Waals surface area contributed by atoms with Gasteiger partial charge >= 0.3 is 5.97 Å². The van der Waals surface area contributed by atoms with E-state index in [-0.39, 0.29) is 30.3 Å². The molecule has 1 N–H and O–H groups in total. The van der Waals surface area contributed by atoms with Crippen LogP contribution in [0.15, 0.2) is 48.7 Å². The Morgan fingerprint density at radius 1 is 1.04 bits per heavy atom. The van der Waals surface area contributed by atoms with Crippen molar-refractivity contribution in [2.24, 2.45) is 0 Å². The van der Waals surface area contributed by atoms with Crippen molar-refractivity contribution >= 4 is 23.3 Å². The van der Waals surface area contributed by atoms with Gasteiger partial charge in [-0.05, 0) is 25.3 Å². The summed E-state index contributed by atoms with van der Waals surface area (Å²) < 4.78 is 5.14. The van der Waals surface area contributed by atoms with Crippen LogP contribution < -0.4 is 5.32 Å². The summed E-state index contributed by atoms with van der Waals surface area (Å²) in [6, 6.07) is 11.8. The standard InChI is InChI=1S/C20H23N3O5/c24-18(16-7-3-1-4-8-16)10-12-20(25)28-14-6-2-5-13-21-19-11-9-17(15-22-19)23(26)27/h1,3-4,7-9,11,15H,2,5-6,10,12-14H2,(H,21,22). The van der Waals surface area contributed by atoms with Crippen molar-refractivity contribution in [1.29, 1.82) is 0 Å². The van der Waals surface area contributed by atoms with Crippen molar-refractivity contribution in [3.05, 3.63) is 64.3 Å². The van der Waals surface area contributed by atoms with E-state index >= 15 is 0 Å². The predicted molar refractivity (Wildman–Crippen MR) is 104 cm³/mol. The minimum absolute atomic E-state index is 0.0437. The molecule has 28 heavy (non-hydrogen) atoms. The van der Waals surface area contributed by atoms with E-state index in [1.54, 1.807) is 30.3 Å². The zero-order chi connectivity index (χ0) is 20.2. The quantitative estimate of drug-likeness (QED) is 0.194. The molecule has 0 saturated carbocycles. The lowest BCUT2D eigenvalue weighted by molar-refractivity contribution is -0.385. The van der Waals surface area contributed by atoms with Gasteiger partial charge < -0.3 is 10.1 Å². The second-order valence-corrected chi connectivity index (χ2v) is 6.16. The molecule has 148 valence electrons. The highest BCUT2D eigenvalue weighted by Gasteiger charge is 2.09. The number of carbonyl (C=O) groups is 2. The summed E-state index contributed by atoms with van der Waals surface area (Å²) in [7, 11) is 0. The summed E-state index contributed by atoms with van der Waals surface area (Å²) in [5.74, 6) is 0.154. The first-order chi connectivity index (χ1) is 13.6. The second kappa shape index (κ2) is 11.4. The van der Waals surface area contributed by atoms with Gasteiger partial charge in [0, 0.05) is 24.6 Å². The van der Waals surface area contributed by atoms with Crippen molar-refractivity contribution in [3.63, 3.8) is 0 Å². The fourth-order valence-electron chi connectivity index (χ4n) is 2.46. The predicted octanol–water partition coefficient (Wildman–Crippen LogP) is 3.78. The normalized spacial score (nSPS) is 10.3. The van der Waals surface area contributed by atoms with E-state index in [9.17, 15) is 19.7 Å². The maximum Gasteiger partial charge on any atom is 0.306 e. The largest absolute Gasteiger partial charge is 0.466 e. The van der Waals surface area contributed by atoms with Gasteiger partial charge in [0.2, 0.25) is 0 Å². The maximum absolute atomic E-state index is 11.9. The molecule has 0 unspecified atom stereocenters. The van der Waals surface area contributed by atoms with E-state index in [1.165, 1.54) is 12.3 Å². The van der Waals surface area contributed by atoms with E-state index < -0.39 is 4.92 Å². The van der Waals surface area contributed by atoms with E-state index in [0.717, 1.165) is 19.3 Å². The Labute approximate surface area is 163 Å². The topological polar surface area (TPSA) is 111 Å². The third kappa shape index (κ3) is 7.53. The number of pyridine rings is 1. The lowest BCUT2D eigenvalue weighted by atomic mass is 10.1. The highest BCUT2D eigenvalue weighted by atomic mass is 16.6. The average molecular weight is 385 g/mol. The number of esters is 1. The lowest BCUT2D eigenvalue weighted by Gasteiger charge is -2.06. The number of benzene rings is 1. The molecule has 1 heterocycles. The number of unbranched alkanes of at least 4 members (excludes halogenated alkanes) is 2. The molecule has 0 bridgehead atoms. The first-order valence-corrected chi connectivity index (χ1v) is 9.14. The van der Waals surface area contributed by atoms with E-state index in [1.807, 2.05) is 6.07 Å². The average Bonchev–Trinajstić information content (AvgIpc) is 2.72. The number of carbonyl (C=O) groups excluding carboxylic acids is 2.